The topological polar surface area (TPSA) is 69.1 Å². The maximum absolute atomic E-state index is 9.25. The Labute approximate surface area is 117 Å². The van der Waals surface area contributed by atoms with Crippen LogP contribution in [-0.2, 0) is 6.42 Å². The molecule has 0 bridgehead atoms. The van der Waals surface area contributed by atoms with Crippen LogP contribution >= 0.6 is 0 Å². The van der Waals surface area contributed by atoms with Crippen molar-refractivity contribution >= 4 is 23.6 Å². The summed E-state index contributed by atoms with van der Waals surface area (Å²) in [5, 5.41) is 18.5. The monoisotopic (exact) mass is 266 g/mol. The summed E-state index contributed by atoms with van der Waals surface area (Å²) >= 11 is 0. The zero-order valence-corrected chi connectivity index (χ0v) is 11.2. The van der Waals surface area contributed by atoms with E-state index in [1.54, 1.807) is 6.07 Å². The third kappa shape index (κ3) is 2.22. The summed E-state index contributed by atoms with van der Waals surface area (Å²) in [5.41, 5.74) is 4.45. The molecule has 0 saturated heterocycles. The molecule has 3 N–H and O–H groups in total. The first-order valence-corrected chi connectivity index (χ1v) is 6.63. The van der Waals surface area contributed by atoms with Crippen molar-refractivity contribution in [2.75, 3.05) is 0 Å². The lowest BCUT2D eigenvalue weighted by molar-refractivity contribution is 0.425. The maximum atomic E-state index is 9.25. The van der Waals surface area contributed by atoms with Crippen molar-refractivity contribution in [1.29, 1.82) is 0 Å². The Bertz CT molecular complexity index is 719. The SMILES string of the molecule is CCc1cc(B(O)O)ccc1-c1nc2ccccc2[nH]1. The van der Waals surface area contributed by atoms with Crippen LogP contribution in [0, 0.1) is 0 Å². The van der Waals surface area contributed by atoms with E-state index in [4.69, 9.17) is 0 Å². The van der Waals surface area contributed by atoms with E-state index in [-0.39, 0.29) is 0 Å². The van der Waals surface area contributed by atoms with Gasteiger partial charge in [-0.15, -0.1) is 0 Å². The number of H-pyrrole nitrogens is 1. The predicted molar refractivity (Wildman–Crippen MR) is 80.7 cm³/mol. The molecule has 0 unspecified atom stereocenters. The van der Waals surface area contributed by atoms with Gasteiger partial charge >= 0.3 is 7.12 Å². The van der Waals surface area contributed by atoms with Crippen molar-refractivity contribution in [3.63, 3.8) is 0 Å². The van der Waals surface area contributed by atoms with E-state index < -0.39 is 7.12 Å². The van der Waals surface area contributed by atoms with Crippen LogP contribution in [0.25, 0.3) is 22.4 Å². The highest BCUT2D eigenvalue weighted by Crippen LogP contribution is 2.23. The number of fused-ring (bicyclic) bond motifs is 1. The number of hydrogen-bond donors (Lipinski definition) is 3. The average Bonchev–Trinajstić information content (AvgIpc) is 2.90. The molecule has 0 spiro atoms. The Hall–Kier alpha value is -2.11. The van der Waals surface area contributed by atoms with Crippen LogP contribution in [0.2, 0.25) is 0 Å². The van der Waals surface area contributed by atoms with Gasteiger partial charge < -0.3 is 15.0 Å². The molecule has 100 valence electrons. The number of aryl methyl sites for hydroxylation is 1. The molecule has 20 heavy (non-hydrogen) atoms. The lowest BCUT2D eigenvalue weighted by Crippen LogP contribution is -2.30. The first-order chi connectivity index (χ1) is 9.69. The third-order valence-electron chi connectivity index (χ3n) is 3.45. The first kappa shape index (κ1) is 12.9. The minimum atomic E-state index is -1.44. The van der Waals surface area contributed by atoms with Gasteiger partial charge in [0.15, 0.2) is 0 Å². The van der Waals surface area contributed by atoms with Gasteiger partial charge in [-0.25, -0.2) is 4.98 Å². The summed E-state index contributed by atoms with van der Waals surface area (Å²) in [6.45, 7) is 2.04. The second-order valence-corrected chi connectivity index (χ2v) is 4.75. The number of hydrogen-bond acceptors (Lipinski definition) is 3. The lowest BCUT2D eigenvalue weighted by Gasteiger charge is -2.08. The number of nitrogens with zero attached hydrogens (tertiary/aromatic N) is 1. The highest BCUT2D eigenvalue weighted by molar-refractivity contribution is 6.58. The Morgan fingerprint density at radius 3 is 2.65 bits per heavy atom. The fraction of sp³-hybridized carbons (Fsp3) is 0.133. The number of rotatable bonds is 3. The van der Waals surface area contributed by atoms with Gasteiger partial charge in [0.1, 0.15) is 5.82 Å². The van der Waals surface area contributed by atoms with Gasteiger partial charge in [0.05, 0.1) is 11.0 Å². The van der Waals surface area contributed by atoms with E-state index >= 15 is 0 Å². The van der Waals surface area contributed by atoms with Gasteiger partial charge in [-0.05, 0) is 29.6 Å². The van der Waals surface area contributed by atoms with Gasteiger partial charge in [-0.2, -0.15) is 0 Å². The summed E-state index contributed by atoms with van der Waals surface area (Å²) in [7, 11) is -1.44. The number of aromatic amines is 1. The van der Waals surface area contributed by atoms with Crippen molar-refractivity contribution in [3.05, 3.63) is 48.0 Å². The fourth-order valence-corrected chi connectivity index (χ4v) is 2.38. The fourth-order valence-electron chi connectivity index (χ4n) is 2.38. The van der Waals surface area contributed by atoms with Crippen LogP contribution in [0.15, 0.2) is 42.5 Å². The number of para-hydroxylation sites is 2. The molecule has 4 nitrogen and oxygen atoms in total. The first-order valence-electron chi connectivity index (χ1n) is 6.63. The van der Waals surface area contributed by atoms with E-state index in [0.717, 1.165) is 34.4 Å². The number of imidazole rings is 1. The van der Waals surface area contributed by atoms with Crippen molar-refractivity contribution in [2.45, 2.75) is 13.3 Å². The van der Waals surface area contributed by atoms with E-state index in [9.17, 15) is 10.0 Å². The van der Waals surface area contributed by atoms with Crippen LogP contribution in [0.5, 0.6) is 0 Å². The quantitative estimate of drug-likeness (QED) is 0.629. The minimum Gasteiger partial charge on any atom is -0.423 e. The second kappa shape index (κ2) is 5.11. The van der Waals surface area contributed by atoms with E-state index in [1.807, 2.05) is 43.3 Å². The molecule has 3 rings (SSSR count). The van der Waals surface area contributed by atoms with Crippen molar-refractivity contribution in [3.8, 4) is 11.4 Å². The zero-order valence-electron chi connectivity index (χ0n) is 11.2. The standard InChI is InChI=1S/C15H15BN2O2/c1-2-10-9-11(16(19)20)7-8-12(10)15-17-13-5-3-4-6-14(13)18-15/h3-9,19-20H,2H2,1H3,(H,17,18). The summed E-state index contributed by atoms with van der Waals surface area (Å²) < 4.78 is 0. The highest BCUT2D eigenvalue weighted by atomic mass is 16.4. The molecule has 0 saturated carbocycles. The molecule has 2 aromatic carbocycles. The zero-order chi connectivity index (χ0) is 14.1. The van der Waals surface area contributed by atoms with Gasteiger partial charge in [-0.1, -0.05) is 37.3 Å². The summed E-state index contributed by atoms with van der Waals surface area (Å²) in [4.78, 5) is 7.88. The van der Waals surface area contributed by atoms with Crippen LogP contribution < -0.4 is 5.46 Å². The predicted octanol–water partition coefficient (Wildman–Crippen LogP) is 1.47. The van der Waals surface area contributed by atoms with Crippen LogP contribution in [-0.4, -0.2) is 27.1 Å². The number of benzene rings is 2. The smallest absolute Gasteiger partial charge is 0.423 e. The Kier molecular flexibility index (Phi) is 3.30. The molecule has 0 aliphatic carbocycles. The summed E-state index contributed by atoms with van der Waals surface area (Å²) in [6, 6.07) is 13.3. The Morgan fingerprint density at radius 2 is 1.95 bits per heavy atom. The van der Waals surface area contributed by atoms with E-state index in [0.29, 0.717) is 5.46 Å². The molecule has 0 radical (unpaired) electrons. The molecular weight excluding hydrogens is 251 g/mol. The molecule has 0 aliphatic heterocycles. The van der Waals surface area contributed by atoms with E-state index in [1.165, 1.54) is 0 Å². The van der Waals surface area contributed by atoms with Crippen LogP contribution in [0.3, 0.4) is 0 Å². The normalized spacial score (nSPS) is 10.9. The molecule has 0 fully saturated rings. The van der Waals surface area contributed by atoms with Crippen molar-refractivity contribution in [2.24, 2.45) is 0 Å². The minimum absolute atomic E-state index is 0.502. The average molecular weight is 266 g/mol. The Morgan fingerprint density at radius 1 is 1.15 bits per heavy atom. The summed E-state index contributed by atoms with van der Waals surface area (Å²) in [6.07, 6.45) is 0.799. The van der Waals surface area contributed by atoms with Crippen molar-refractivity contribution < 1.29 is 10.0 Å². The molecule has 1 aromatic heterocycles. The van der Waals surface area contributed by atoms with Crippen LogP contribution in [0.4, 0.5) is 0 Å². The largest absolute Gasteiger partial charge is 0.488 e. The van der Waals surface area contributed by atoms with Gasteiger partial charge in [0.25, 0.3) is 0 Å². The molecule has 0 amide bonds. The Balaban J connectivity index is 2.13. The van der Waals surface area contributed by atoms with Crippen LogP contribution in [0.1, 0.15) is 12.5 Å². The third-order valence-corrected chi connectivity index (χ3v) is 3.45. The maximum Gasteiger partial charge on any atom is 0.488 e. The molecule has 3 aromatic rings. The van der Waals surface area contributed by atoms with Crippen molar-refractivity contribution in [1.82, 2.24) is 9.97 Å². The van der Waals surface area contributed by atoms with Gasteiger partial charge in [-0.3, -0.25) is 0 Å². The number of aromatic nitrogens is 2. The highest BCUT2D eigenvalue weighted by Gasteiger charge is 2.15. The molecule has 1 heterocycles. The molecular formula is C15H15BN2O2. The van der Waals surface area contributed by atoms with E-state index in [2.05, 4.69) is 9.97 Å². The van der Waals surface area contributed by atoms with Gasteiger partial charge in [0.2, 0.25) is 0 Å². The molecule has 0 aliphatic rings. The van der Waals surface area contributed by atoms with Gasteiger partial charge in [0, 0.05) is 5.56 Å². The summed E-state index contributed by atoms with van der Waals surface area (Å²) in [5.74, 6) is 0.807. The number of nitrogens with one attached hydrogen (secondary N) is 1. The molecule has 0 atom stereocenters. The molecule has 5 heteroatoms. The lowest BCUT2D eigenvalue weighted by atomic mass is 9.78. The second-order valence-electron chi connectivity index (χ2n) is 4.75.